The zero-order valence-corrected chi connectivity index (χ0v) is 13.7. The molecular formula is C18H20N2O3. The van der Waals surface area contributed by atoms with Gasteiger partial charge in [0.1, 0.15) is 5.75 Å². The number of hydrogen-bond acceptors (Lipinski definition) is 3. The first-order chi connectivity index (χ1) is 10.9. The van der Waals surface area contributed by atoms with E-state index in [-0.39, 0.29) is 0 Å². The van der Waals surface area contributed by atoms with Gasteiger partial charge in [0, 0.05) is 5.69 Å². The summed E-state index contributed by atoms with van der Waals surface area (Å²) in [5, 5.41) is 5.23. The van der Waals surface area contributed by atoms with Crippen molar-refractivity contribution in [2.75, 3.05) is 17.7 Å². The van der Waals surface area contributed by atoms with Gasteiger partial charge in [0.05, 0.1) is 12.8 Å². The molecule has 2 aromatic rings. The third-order valence-electron chi connectivity index (χ3n) is 3.48. The van der Waals surface area contributed by atoms with E-state index in [0.717, 1.165) is 16.7 Å². The number of para-hydroxylation sites is 2. The monoisotopic (exact) mass is 312 g/mol. The van der Waals surface area contributed by atoms with Crippen molar-refractivity contribution in [3.63, 3.8) is 0 Å². The summed E-state index contributed by atoms with van der Waals surface area (Å²) in [4.78, 5) is 24.2. The Hall–Kier alpha value is -2.82. The van der Waals surface area contributed by atoms with Crippen LogP contribution in [-0.4, -0.2) is 18.9 Å². The lowest BCUT2D eigenvalue weighted by molar-refractivity contribution is -0.133. The van der Waals surface area contributed by atoms with Crippen LogP contribution in [0.25, 0.3) is 0 Å². The summed E-state index contributed by atoms with van der Waals surface area (Å²) < 4.78 is 5.15. The second-order valence-corrected chi connectivity index (χ2v) is 5.38. The van der Waals surface area contributed by atoms with E-state index in [1.807, 2.05) is 32.9 Å². The Bertz CT molecular complexity index is 731. The minimum Gasteiger partial charge on any atom is -0.495 e. The second kappa shape index (κ2) is 6.96. The van der Waals surface area contributed by atoms with E-state index in [9.17, 15) is 9.59 Å². The molecular weight excluding hydrogens is 292 g/mol. The molecule has 0 bridgehead atoms. The summed E-state index contributed by atoms with van der Waals surface area (Å²) in [5.74, 6) is -0.962. The highest BCUT2D eigenvalue weighted by Crippen LogP contribution is 2.24. The van der Waals surface area contributed by atoms with Crippen molar-refractivity contribution >= 4 is 23.2 Å². The van der Waals surface area contributed by atoms with Crippen LogP contribution in [0.2, 0.25) is 0 Å². The molecule has 0 aliphatic carbocycles. The van der Waals surface area contributed by atoms with Gasteiger partial charge in [-0.15, -0.1) is 0 Å². The molecule has 2 aromatic carbocycles. The van der Waals surface area contributed by atoms with Crippen LogP contribution in [0.5, 0.6) is 5.75 Å². The van der Waals surface area contributed by atoms with Gasteiger partial charge in [0.25, 0.3) is 0 Å². The van der Waals surface area contributed by atoms with Crippen LogP contribution in [0, 0.1) is 20.8 Å². The quantitative estimate of drug-likeness (QED) is 0.855. The lowest BCUT2D eigenvalue weighted by Crippen LogP contribution is -2.29. The molecule has 0 saturated carbocycles. The number of benzene rings is 2. The van der Waals surface area contributed by atoms with Crippen molar-refractivity contribution in [1.82, 2.24) is 0 Å². The second-order valence-electron chi connectivity index (χ2n) is 5.38. The van der Waals surface area contributed by atoms with Crippen molar-refractivity contribution in [2.45, 2.75) is 20.8 Å². The zero-order valence-electron chi connectivity index (χ0n) is 13.7. The van der Waals surface area contributed by atoms with Gasteiger partial charge in [-0.25, -0.2) is 0 Å². The van der Waals surface area contributed by atoms with Crippen LogP contribution in [0.1, 0.15) is 16.7 Å². The van der Waals surface area contributed by atoms with Crippen LogP contribution >= 0.6 is 0 Å². The van der Waals surface area contributed by atoms with Crippen molar-refractivity contribution in [3.05, 3.63) is 53.1 Å². The Labute approximate surface area is 135 Å². The van der Waals surface area contributed by atoms with E-state index in [4.69, 9.17) is 4.74 Å². The predicted molar refractivity (Wildman–Crippen MR) is 90.9 cm³/mol. The fourth-order valence-corrected chi connectivity index (χ4v) is 2.47. The maximum atomic E-state index is 12.1. The van der Waals surface area contributed by atoms with E-state index in [0.29, 0.717) is 17.1 Å². The van der Waals surface area contributed by atoms with Gasteiger partial charge in [-0.3, -0.25) is 9.59 Å². The molecule has 0 unspecified atom stereocenters. The number of ether oxygens (including phenoxy) is 1. The highest BCUT2D eigenvalue weighted by Gasteiger charge is 2.17. The minimum absolute atomic E-state index is 0.451. The standard InChI is InChI=1S/C18H20N2O3/c1-11-9-12(2)16(13(3)10-11)20-18(22)17(21)19-14-7-5-6-8-15(14)23-4/h5-10H,1-4H3,(H,19,21)(H,20,22). The molecule has 5 heteroatoms. The molecule has 0 spiro atoms. The van der Waals surface area contributed by atoms with Crippen molar-refractivity contribution < 1.29 is 14.3 Å². The summed E-state index contributed by atoms with van der Waals surface area (Å²) in [6, 6.07) is 10.8. The van der Waals surface area contributed by atoms with Crippen LogP contribution in [-0.2, 0) is 9.59 Å². The molecule has 0 radical (unpaired) electrons. The van der Waals surface area contributed by atoms with Crippen LogP contribution in [0.15, 0.2) is 36.4 Å². The highest BCUT2D eigenvalue weighted by molar-refractivity contribution is 6.44. The molecule has 0 saturated heterocycles. The van der Waals surface area contributed by atoms with Gasteiger partial charge in [-0.1, -0.05) is 29.8 Å². The number of amides is 2. The third kappa shape index (κ3) is 3.88. The van der Waals surface area contributed by atoms with Crippen LogP contribution in [0.3, 0.4) is 0 Å². The summed E-state index contributed by atoms with van der Waals surface area (Å²) in [6.45, 7) is 5.78. The number of anilines is 2. The van der Waals surface area contributed by atoms with Crippen molar-refractivity contribution in [2.24, 2.45) is 0 Å². The topological polar surface area (TPSA) is 67.4 Å². The molecule has 0 heterocycles. The molecule has 0 atom stereocenters. The molecule has 0 aliphatic heterocycles. The van der Waals surface area contributed by atoms with Crippen LogP contribution in [0.4, 0.5) is 11.4 Å². The Morgan fingerprint density at radius 2 is 1.48 bits per heavy atom. The summed E-state index contributed by atoms with van der Waals surface area (Å²) >= 11 is 0. The molecule has 2 amide bonds. The number of methoxy groups -OCH3 is 1. The van der Waals surface area contributed by atoms with Gasteiger partial charge in [0.2, 0.25) is 0 Å². The number of carbonyl (C=O) groups is 2. The smallest absolute Gasteiger partial charge is 0.314 e. The number of hydrogen-bond donors (Lipinski definition) is 2. The normalized spacial score (nSPS) is 10.1. The predicted octanol–water partition coefficient (Wildman–Crippen LogP) is 3.20. The summed E-state index contributed by atoms with van der Waals surface area (Å²) in [5.41, 5.74) is 4.06. The highest BCUT2D eigenvalue weighted by atomic mass is 16.5. The van der Waals surface area contributed by atoms with E-state index in [2.05, 4.69) is 10.6 Å². The molecule has 23 heavy (non-hydrogen) atoms. The minimum atomic E-state index is -0.742. The largest absolute Gasteiger partial charge is 0.495 e. The average molecular weight is 312 g/mol. The summed E-state index contributed by atoms with van der Waals surface area (Å²) in [6.07, 6.45) is 0. The van der Waals surface area contributed by atoms with E-state index in [1.165, 1.54) is 7.11 Å². The number of nitrogens with one attached hydrogen (secondary N) is 2. The fourth-order valence-electron chi connectivity index (χ4n) is 2.47. The molecule has 0 fully saturated rings. The van der Waals surface area contributed by atoms with E-state index >= 15 is 0 Å². The van der Waals surface area contributed by atoms with Crippen molar-refractivity contribution in [3.8, 4) is 5.75 Å². The first kappa shape index (κ1) is 16.5. The number of aryl methyl sites for hydroxylation is 3. The SMILES string of the molecule is COc1ccccc1NC(=O)C(=O)Nc1c(C)cc(C)cc1C. The van der Waals surface area contributed by atoms with Gasteiger partial charge < -0.3 is 15.4 Å². The number of rotatable bonds is 3. The van der Waals surface area contributed by atoms with E-state index < -0.39 is 11.8 Å². The van der Waals surface area contributed by atoms with Crippen molar-refractivity contribution in [1.29, 1.82) is 0 Å². The van der Waals surface area contributed by atoms with Gasteiger partial charge in [-0.2, -0.15) is 0 Å². The first-order valence-electron chi connectivity index (χ1n) is 7.25. The van der Waals surface area contributed by atoms with Gasteiger partial charge >= 0.3 is 11.8 Å². The Kier molecular flexibility index (Phi) is 5.01. The molecule has 2 rings (SSSR count). The lowest BCUT2D eigenvalue weighted by atomic mass is 10.1. The van der Waals surface area contributed by atoms with Crippen LogP contribution < -0.4 is 15.4 Å². The first-order valence-corrected chi connectivity index (χ1v) is 7.25. The number of carbonyl (C=O) groups excluding carboxylic acids is 2. The Morgan fingerprint density at radius 3 is 2.09 bits per heavy atom. The molecule has 120 valence electrons. The lowest BCUT2D eigenvalue weighted by Gasteiger charge is -2.13. The molecule has 0 aromatic heterocycles. The maximum Gasteiger partial charge on any atom is 0.314 e. The molecule has 0 aliphatic rings. The summed E-state index contributed by atoms with van der Waals surface area (Å²) in [7, 11) is 1.50. The Balaban J connectivity index is 2.14. The average Bonchev–Trinajstić information content (AvgIpc) is 2.51. The molecule has 5 nitrogen and oxygen atoms in total. The van der Waals surface area contributed by atoms with E-state index in [1.54, 1.807) is 24.3 Å². The van der Waals surface area contributed by atoms with Gasteiger partial charge in [0.15, 0.2) is 0 Å². The maximum absolute atomic E-state index is 12.1. The Morgan fingerprint density at radius 1 is 0.913 bits per heavy atom. The molecule has 2 N–H and O–H groups in total. The zero-order chi connectivity index (χ0) is 17.0. The third-order valence-corrected chi connectivity index (χ3v) is 3.48. The fraction of sp³-hybridized carbons (Fsp3) is 0.222. The van der Waals surface area contributed by atoms with Gasteiger partial charge in [-0.05, 0) is 44.0 Å².